The van der Waals surface area contributed by atoms with Crippen molar-refractivity contribution in [1.29, 1.82) is 0 Å². The van der Waals surface area contributed by atoms with Gasteiger partial charge in [-0.05, 0) is 49.9 Å². The standard InChI is InChI=1S/C18H27NO2/c1-3-10-19-16-12-18(13-6-4-5-7-13)21-17-9-8-14(20-2)11-15(16)17/h8-9,11,13,16,18-19H,3-7,10,12H2,1-2H3. The molecule has 1 aromatic carbocycles. The first kappa shape index (κ1) is 14.7. The molecule has 3 nitrogen and oxygen atoms in total. The highest BCUT2D eigenvalue weighted by Crippen LogP contribution is 2.42. The Labute approximate surface area is 128 Å². The molecule has 0 aromatic heterocycles. The Balaban J connectivity index is 1.83. The third-order valence-electron chi connectivity index (χ3n) is 4.91. The van der Waals surface area contributed by atoms with E-state index in [1.807, 2.05) is 6.07 Å². The van der Waals surface area contributed by atoms with Gasteiger partial charge < -0.3 is 14.8 Å². The normalized spacial score (nSPS) is 25.4. The molecule has 1 saturated carbocycles. The first-order valence-corrected chi connectivity index (χ1v) is 8.39. The molecule has 1 aliphatic carbocycles. The lowest BCUT2D eigenvalue weighted by Gasteiger charge is -2.36. The molecule has 0 saturated heterocycles. The van der Waals surface area contributed by atoms with Crippen LogP contribution in [0.3, 0.4) is 0 Å². The van der Waals surface area contributed by atoms with E-state index >= 15 is 0 Å². The van der Waals surface area contributed by atoms with E-state index < -0.39 is 0 Å². The van der Waals surface area contributed by atoms with Crippen molar-refractivity contribution < 1.29 is 9.47 Å². The minimum absolute atomic E-state index is 0.378. The summed E-state index contributed by atoms with van der Waals surface area (Å²) in [6.07, 6.45) is 8.02. The average Bonchev–Trinajstić information content (AvgIpc) is 3.06. The van der Waals surface area contributed by atoms with Gasteiger partial charge in [0.2, 0.25) is 0 Å². The Morgan fingerprint density at radius 2 is 2.10 bits per heavy atom. The van der Waals surface area contributed by atoms with E-state index in [9.17, 15) is 0 Å². The van der Waals surface area contributed by atoms with Gasteiger partial charge in [0.15, 0.2) is 0 Å². The highest BCUT2D eigenvalue weighted by molar-refractivity contribution is 5.43. The van der Waals surface area contributed by atoms with Crippen LogP contribution in [0.5, 0.6) is 11.5 Å². The molecule has 1 aliphatic heterocycles. The van der Waals surface area contributed by atoms with Crippen molar-refractivity contribution >= 4 is 0 Å². The van der Waals surface area contributed by atoms with Crippen molar-refractivity contribution in [3.8, 4) is 11.5 Å². The predicted molar refractivity (Wildman–Crippen MR) is 85.0 cm³/mol. The number of nitrogens with one attached hydrogen (secondary N) is 1. The van der Waals surface area contributed by atoms with Crippen molar-refractivity contribution in [3.05, 3.63) is 23.8 Å². The smallest absolute Gasteiger partial charge is 0.124 e. The van der Waals surface area contributed by atoms with Gasteiger partial charge in [-0.15, -0.1) is 0 Å². The van der Waals surface area contributed by atoms with Crippen LogP contribution < -0.4 is 14.8 Å². The molecule has 1 fully saturated rings. The molecule has 3 rings (SSSR count). The van der Waals surface area contributed by atoms with Gasteiger partial charge in [-0.2, -0.15) is 0 Å². The molecule has 2 aliphatic rings. The quantitative estimate of drug-likeness (QED) is 0.886. The third-order valence-corrected chi connectivity index (χ3v) is 4.91. The molecule has 0 amide bonds. The summed E-state index contributed by atoms with van der Waals surface area (Å²) in [6, 6.07) is 6.62. The van der Waals surface area contributed by atoms with E-state index in [0.29, 0.717) is 12.1 Å². The summed E-state index contributed by atoms with van der Waals surface area (Å²) in [7, 11) is 1.72. The second-order valence-corrected chi connectivity index (χ2v) is 6.35. The average molecular weight is 289 g/mol. The van der Waals surface area contributed by atoms with Crippen LogP contribution in [0, 0.1) is 5.92 Å². The number of methoxy groups -OCH3 is 1. The fourth-order valence-corrected chi connectivity index (χ4v) is 3.73. The molecule has 1 heterocycles. The van der Waals surface area contributed by atoms with Gasteiger partial charge in [-0.3, -0.25) is 0 Å². The number of hydrogen-bond donors (Lipinski definition) is 1. The van der Waals surface area contributed by atoms with Crippen molar-refractivity contribution in [2.75, 3.05) is 13.7 Å². The molecular weight excluding hydrogens is 262 g/mol. The fourth-order valence-electron chi connectivity index (χ4n) is 3.73. The van der Waals surface area contributed by atoms with Gasteiger partial charge in [0.25, 0.3) is 0 Å². The maximum atomic E-state index is 6.33. The molecule has 116 valence electrons. The molecule has 0 spiro atoms. The minimum Gasteiger partial charge on any atom is -0.497 e. The molecule has 2 unspecified atom stereocenters. The van der Waals surface area contributed by atoms with Crippen molar-refractivity contribution in [2.45, 2.75) is 57.6 Å². The van der Waals surface area contributed by atoms with Crippen LogP contribution in [0.1, 0.15) is 57.1 Å². The van der Waals surface area contributed by atoms with Gasteiger partial charge in [-0.1, -0.05) is 19.8 Å². The van der Waals surface area contributed by atoms with Gasteiger partial charge in [0, 0.05) is 18.0 Å². The van der Waals surface area contributed by atoms with Crippen LogP contribution in [-0.4, -0.2) is 19.8 Å². The lowest BCUT2D eigenvalue weighted by Crippen LogP contribution is -2.37. The second-order valence-electron chi connectivity index (χ2n) is 6.35. The summed E-state index contributed by atoms with van der Waals surface area (Å²) in [5.41, 5.74) is 1.26. The molecule has 1 N–H and O–H groups in total. The number of ether oxygens (including phenoxy) is 2. The first-order valence-electron chi connectivity index (χ1n) is 8.39. The Hall–Kier alpha value is -1.22. The zero-order valence-electron chi connectivity index (χ0n) is 13.2. The number of hydrogen-bond acceptors (Lipinski definition) is 3. The maximum absolute atomic E-state index is 6.33. The van der Waals surface area contributed by atoms with E-state index in [0.717, 1.165) is 36.8 Å². The highest BCUT2D eigenvalue weighted by Gasteiger charge is 2.34. The highest BCUT2D eigenvalue weighted by atomic mass is 16.5. The Morgan fingerprint density at radius 3 is 2.81 bits per heavy atom. The fraction of sp³-hybridized carbons (Fsp3) is 0.667. The predicted octanol–water partition coefficient (Wildman–Crippen LogP) is 4.08. The minimum atomic E-state index is 0.378. The van der Waals surface area contributed by atoms with Crippen molar-refractivity contribution in [1.82, 2.24) is 5.32 Å². The number of fused-ring (bicyclic) bond motifs is 1. The molecule has 3 heteroatoms. The largest absolute Gasteiger partial charge is 0.497 e. The van der Waals surface area contributed by atoms with Crippen molar-refractivity contribution in [3.63, 3.8) is 0 Å². The van der Waals surface area contributed by atoms with Gasteiger partial charge in [0.05, 0.1) is 7.11 Å². The van der Waals surface area contributed by atoms with Crippen molar-refractivity contribution in [2.24, 2.45) is 5.92 Å². The maximum Gasteiger partial charge on any atom is 0.124 e. The lowest BCUT2D eigenvalue weighted by atomic mass is 9.88. The zero-order valence-corrected chi connectivity index (χ0v) is 13.2. The summed E-state index contributed by atoms with van der Waals surface area (Å²) in [6.45, 7) is 3.27. The van der Waals surface area contributed by atoms with Crippen LogP contribution in [0.15, 0.2) is 18.2 Å². The van der Waals surface area contributed by atoms with Crippen LogP contribution in [0.4, 0.5) is 0 Å². The van der Waals surface area contributed by atoms with Crippen LogP contribution in [0.25, 0.3) is 0 Å². The van der Waals surface area contributed by atoms with Gasteiger partial charge in [-0.25, -0.2) is 0 Å². The summed E-state index contributed by atoms with van der Waals surface area (Å²) < 4.78 is 11.7. The first-order chi connectivity index (χ1) is 10.3. The van der Waals surface area contributed by atoms with E-state index in [4.69, 9.17) is 9.47 Å². The summed E-state index contributed by atoms with van der Waals surface area (Å²) >= 11 is 0. The zero-order chi connectivity index (χ0) is 14.7. The van der Waals surface area contributed by atoms with Gasteiger partial charge in [0.1, 0.15) is 17.6 Å². The monoisotopic (exact) mass is 289 g/mol. The van der Waals surface area contributed by atoms with Crippen LogP contribution in [0.2, 0.25) is 0 Å². The molecule has 0 bridgehead atoms. The van der Waals surface area contributed by atoms with E-state index in [1.165, 1.54) is 31.2 Å². The summed E-state index contributed by atoms with van der Waals surface area (Å²) in [5, 5.41) is 3.70. The van der Waals surface area contributed by atoms with E-state index in [2.05, 4.69) is 24.4 Å². The SMILES string of the molecule is CCCNC1CC(C2CCCC2)Oc2ccc(OC)cc21. The molecule has 0 radical (unpaired) electrons. The number of rotatable bonds is 5. The molecule has 1 aromatic rings. The molecular formula is C18H27NO2. The topological polar surface area (TPSA) is 30.5 Å². The van der Waals surface area contributed by atoms with E-state index in [-0.39, 0.29) is 0 Å². The second kappa shape index (κ2) is 6.69. The summed E-state index contributed by atoms with van der Waals surface area (Å²) in [5.74, 6) is 2.71. The number of benzene rings is 1. The third kappa shape index (κ3) is 3.18. The molecule has 21 heavy (non-hydrogen) atoms. The molecule has 2 atom stereocenters. The van der Waals surface area contributed by atoms with Crippen LogP contribution in [-0.2, 0) is 0 Å². The Morgan fingerprint density at radius 1 is 1.29 bits per heavy atom. The lowest BCUT2D eigenvalue weighted by molar-refractivity contribution is 0.0946. The Kier molecular flexibility index (Phi) is 4.69. The van der Waals surface area contributed by atoms with Crippen LogP contribution >= 0.6 is 0 Å². The Bertz CT molecular complexity index is 468. The van der Waals surface area contributed by atoms with Gasteiger partial charge >= 0.3 is 0 Å². The summed E-state index contributed by atoms with van der Waals surface area (Å²) in [4.78, 5) is 0. The van der Waals surface area contributed by atoms with E-state index in [1.54, 1.807) is 7.11 Å².